The SMILES string of the molecule is CCCNc1cccc(CN(C)CCCN(C)C)n1. The number of rotatable bonds is 9. The Morgan fingerprint density at radius 2 is 1.95 bits per heavy atom. The number of nitrogens with zero attached hydrogens (tertiary/aromatic N) is 3. The molecule has 1 heterocycles. The van der Waals surface area contributed by atoms with E-state index in [2.05, 4.69) is 60.3 Å². The Morgan fingerprint density at radius 3 is 2.63 bits per heavy atom. The van der Waals surface area contributed by atoms with Gasteiger partial charge >= 0.3 is 0 Å². The lowest BCUT2D eigenvalue weighted by Gasteiger charge is -2.18. The molecule has 0 amide bonds. The summed E-state index contributed by atoms with van der Waals surface area (Å²) in [6.07, 6.45) is 2.31. The van der Waals surface area contributed by atoms with Crippen molar-refractivity contribution in [2.24, 2.45) is 0 Å². The minimum absolute atomic E-state index is 0.912. The molecule has 0 atom stereocenters. The van der Waals surface area contributed by atoms with Gasteiger partial charge in [0.05, 0.1) is 5.69 Å². The fraction of sp³-hybridized carbons (Fsp3) is 0.667. The van der Waals surface area contributed by atoms with Crippen LogP contribution < -0.4 is 5.32 Å². The number of pyridine rings is 1. The molecule has 0 aliphatic heterocycles. The lowest BCUT2D eigenvalue weighted by Crippen LogP contribution is -2.23. The first-order chi connectivity index (χ1) is 9.11. The van der Waals surface area contributed by atoms with Crippen LogP contribution >= 0.6 is 0 Å². The highest BCUT2D eigenvalue weighted by Gasteiger charge is 2.03. The molecule has 0 radical (unpaired) electrons. The molecule has 0 aromatic carbocycles. The molecule has 1 aromatic rings. The van der Waals surface area contributed by atoms with E-state index in [1.807, 2.05) is 6.07 Å². The smallest absolute Gasteiger partial charge is 0.126 e. The maximum Gasteiger partial charge on any atom is 0.126 e. The molecule has 0 fully saturated rings. The Labute approximate surface area is 117 Å². The monoisotopic (exact) mass is 264 g/mol. The van der Waals surface area contributed by atoms with E-state index in [-0.39, 0.29) is 0 Å². The minimum atomic E-state index is 0.912. The molecule has 0 saturated heterocycles. The van der Waals surface area contributed by atoms with Crippen LogP contribution in [0.15, 0.2) is 18.2 Å². The number of anilines is 1. The van der Waals surface area contributed by atoms with Gasteiger partial charge in [-0.1, -0.05) is 13.0 Å². The van der Waals surface area contributed by atoms with E-state index >= 15 is 0 Å². The largest absolute Gasteiger partial charge is 0.370 e. The second-order valence-corrected chi connectivity index (χ2v) is 5.34. The fourth-order valence-electron chi connectivity index (χ4n) is 1.93. The first kappa shape index (κ1) is 15.9. The first-order valence-corrected chi connectivity index (χ1v) is 7.15. The Kier molecular flexibility index (Phi) is 7.45. The van der Waals surface area contributed by atoms with Crippen molar-refractivity contribution in [2.75, 3.05) is 46.1 Å². The van der Waals surface area contributed by atoms with Crippen LogP contribution in [-0.4, -0.2) is 55.6 Å². The highest BCUT2D eigenvalue weighted by atomic mass is 15.1. The number of nitrogens with one attached hydrogen (secondary N) is 1. The molecule has 1 N–H and O–H groups in total. The maximum absolute atomic E-state index is 4.63. The van der Waals surface area contributed by atoms with E-state index in [0.29, 0.717) is 0 Å². The molecular weight excluding hydrogens is 236 g/mol. The van der Waals surface area contributed by atoms with Gasteiger partial charge in [-0.05, 0) is 59.2 Å². The Morgan fingerprint density at radius 1 is 1.16 bits per heavy atom. The van der Waals surface area contributed by atoms with E-state index in [9.17, 15) is 0 Å². The number of hydrogen-bond acceptors (Lipinski definition) is 4. The summed E-state index contributed by atoms with van der Waals surface area (Å²) >= 11 is 0. The second kappa shape index (κ2) is 8.88. The molecule has 1 rings (SSSR count). The molecule has 0 unspecified atom stereocenters. The molecule has 0 bridgehead atoms. The van der Waals surface area contributed by atoms with Gasteiger partial charge in [0.2, 0.25) is 0 Å². The van der Waals surface area contributed by atoms with Crippen molar-refractivity contribution < 1.29 is 0 Å². The average molecular weight is 264 g/mol. The summed E-state index contributed by atoms with van der Waals surface area (Å²) in [6, 6.07) is 6.21. The van der Waals surface area contributed by atoms with Gasteiger partial charge < -0.3 is 15.1 Å². The van der Waals surface area contributed by atoms with Gasteiger partial charge in [-0.3, -0.25) is 0 Å². The summed E-state index contributed by atoms with van der Waals surface area (Å²) < 4.78 is 0. The quantitative estimate of drug-likeness (QED) is 0.741. The zero-order chi connectivity index (χ0) is 14.1. The van der Waals surface area contributed by atoms with Crippen LogP contribution in [-0.2, 0) is 6.54 Å². The van der Waals surface area contributed by atoms with Crippen molar-refractivity contribution in [2.45, 2.75) is 26.3 Å². The minimum Gasteiger partial charge on any atom is -0.370 e. The van der Waals surface area contributed by atoms with Crippen molar-refractivity contribution in [1.29, 1.82) is 0 Å². The second-order valence-electron chi connectivity index (χ2n) is 5.34. The van der Waals surface area contributed by atoms with Gasteiger partial charge in [-0.25, -0.2) is 4.98 Å². The van der Waals surface area contributed by atoms with E-state index in [0.717, 1.165) is 44.1 Å². The third kappa shape index (κ3) is 7.13. The van der Waals surface area contributed by atoms with E-state index in [1.165, 1.54) is 6.42 Å². The predicted octanol–water partition coefficient (Wildman–Crippen LogP) is 2.29. The molecule has 0 saturated carbocycles. The standard InChI is InChI=1S/C15H28N4/c1-5-10-16-15-9-6-8-14(17-15)13-19(4)12-7-11-18(2)3/h6,8-9H,5,7,10-13H2,1-4H3,(H,16,17). The molecule has 0 spiro atoms. The third-order valence-corrected chi connectivity index (χ3v) is 2.94. The van der Waals surface area contributed by atoms with Gasteiger partial charge in [0.15, 0.2) is 0 Å². The predicted molar refractivity (Wildman–Crippen MR) is 82.5 cm³/mol. The lowest BCUT2D eigenvalue weighted by molar-refractivity contribution is 0.292. The average Bonchev–Trinajstić information content (AvgIpc) is 2.36. The molecule has 1 aromatic heterocycles. The normalized spacial score (nSPS) is 11.3. The van der Waals surface area contributed by atoms with Crippen molar-refractivity contribution >= 4 is 5.82 Å². The zero-order valence-electron chi connectivity index (χ0n) is 12.8. The van der Waals surface area contributed by atoms with Crippen molar-refractivity contribution in [3.05, 3.63) is 23.9 Å². The van der Waals surface area contributed by atoms with Crippen LogP contribution in [0.25, 0.3) is 0 Å². The number of aromatic nitrogens is 1. The van der Waals surface area contributed by atoms with E-state index in [1.54, 1.807) is 0 Å². The molecule has 0 aliphatic carbocycles. The highest BCUT2D eigenvalue weighted by Crippen LogP contribution is 2.07. The molecule has 19 heavy (non-hydrogen) atoms. The summed E-state index contributed by atoms with van der Waals surface area (Å²) in [5, 5.41) is 3.33. The molecule has 4 nitrogen and oxygen atoms in total. The number of hydrogen-bond donors (Lipinski definition) is 1. The maximum atomic E-state index is 4.63. The summed E-state index contributed by atoms with van der Waals surface area (Å²) in [6.45, 7) is 6.29. The van der Waals surface area contributed by atoms with Crippen molar-refractivity contribution in [1.82, 2.24) is 14.8 Å². The van der Waals surface area contributed by atoms with Gasteiger partial charge in [0.1, 0.15) is 5.82 Å². The van der Waals surface area contributed by atoms with Gasteiger partial charge in [0.25, 0.3) is 0 Å². The highest BCUT2D eigenvalue weighted by molar-refractivity contribution is 5.35. The third-order valence-electron chi connectivity index (χ3n) is 2.94. The van der Waals surface area contributed by atoms with Gasteiger partial charge in [-0.2, -0.15) is 0 Å². The summed E-state index contributed by atoms with van der Waals surface area (Å²) in [5.41, 5.74) is 1.13. The van der Waals surface area contributed by atoms with E-state index < -0.39 is 0 Å². The van der Waals surface area contributed by atoms with Gasteiger partial charge in [0, 0.05) is 13.1 Å². The van der Waals surface area contributed by atoms with Crippen molar-refractivity contribution in [3.8, 4) is 0 Å². The van der Waals surface area contributed by atoms with Gasteiger partial charge in [-0.15, -0.1) is 0 Å². The molecule has 4 heteroatoms. The van der Waals surface area contributed by atoms with Crippen LogP contribution in [0.5, 0.6) is 0 Å². The van der Waals surface area contributed by atoms with Crippen LogP contribution in [0, 0.1) is 0 Å². The van der Waals surface area contributed by atoms with Crippen LogP contribution in [0.1, 0.15) is 25.5 Å². The lowest BCUT2D eigenvalue weighted by atomic mass is 10.3. The Bertz CT molecular complexity index is 352. The van der Waals surface area contributed by atoms with Crippen LogP contribution in [0.2, 0.25) is 0 Å². The molecule has 0 aliphatic rings. The Hall–Kier alpha value is -1.13. The van der Waals surface area contributed by atoms with Crippen molar-refractivity contribution in [3.63, 3.8) is 0 Å². The zero-order valence-corrected chi connectivity index (χ0v) is 12.8. The summed E-state index contributed by atoms with van der Waals surface area (Å²) in [5.74, 6) is 0.987. The summed E-state index contributed by atoms with van der Waals surface area (Å²) in [7, 11) is 6.39. The van der Waals surface area contributed by atoms with E-state index in [4.69, 9.17) is 0 Å². The molecular formula is C15H28N4. The summed E-state index contributed by atoms with van der Waals surface area (Å²) in [4.78, 5) is 9.18. The van der Waals surface area contributed by atoms with Crippen LogP contribution in [0.3, 0.4) is 0 Å². The first-order valence-electron chi connectivity index (χ1n) is 7.15. The fourth-order valence-corrected chi connectivity index (χ4v) is 1.93. The van der Waals surface area contributed by atoms with Crippen LogP contribution in [0.4, 0.5) is 5.82 Å². The topological polar surface area (TPSA) is 31.4 Å². The Balaban J connectivity index is 2.38. The molecule has 108 valence electrons.